The quantitative estimate of drug-likeness (QED) is 0.792. The highest BCUT2D eigenvalue weighted by molar-refractivity contribution is 6.42. The summed E-state index contributed by atoms with van der Waals surface area (Å²) >= 11 is 11.9. The molecule has 0 bridgehead atoms. The van der Waals surface area contributed by atoms with Gasteiger partial charge in [0.2, 0.25) is 0 Å². The molecule has 0 spiro atoms. The van der Waals surface area contributed by atoms with Crippen LogP contribution < -0.4 is 4.90 Å². The molecule has 26 heavy (non-hydrogen) atoms. The number of rotatable bonds is 2. The molecule has 3 rings (SSSR count). The summed E-state index contributed by atoms with van der Waals surface area (Å²) in [4.78, 5) is 13.2. The number of aliphatic carboxylic acids is 1. The molecule has 2 aromatic rings. The van der Waals surface area contributed by atoms with E-state index in [-0.39, 0.29) is 21.4 Å². The number of carboxylic acids is 1. The predicted molar refractivity (Wildman–Crippen MR) is 90.6 cm³/mol. The lowest BCUT2D eigenvalue weighted by Crippen LogP contribution is -2.33. The average Bonchev–Trinajstić information content (AvgIpc) is 2.98. The third kappa shape index (κ3) is 2.93. The van der Waals surface area contributed by atoms with Crippen LogP contribution in [-0.4, -0.2) is 27.9 Å². The lowest BCUT2D eigenvalue weighted by molar-refractivity contribution is -0.141. The van der Waals surface area contributed by atoms with Crippen LogP contribution in [0.15, 0.2) is 35.5 Å². The van der Waals surface area contributed by atoms with Gasteiger partial charge in [-0.05, 0) is 24.6 Å². The van der Waals surface area contributed by atoms with E-state index in [4.69, 9.17) is 23.2 Å². The minimum Gasteiger partial charge on any atom is -0.478 e. The van der Waals surface area contributed by atoms with E-state index in [9.17, 15) is 23.1 Å². The van der Waals surface area contributed by atoms with Crippen LogP contribution >= 0.6 is 23.2 Å². The van der Waals surface area contributed by atoms with Gasteiger partial charge in [-0.2, -0.15) is 18.3 Å². The molecule has 0 radical (unpaired) electrons. The number of fused-ring (bicyclic) bond motifs is 1. The average molecular weight is 406 g/mol. The first-order valence-electron chi connectivity index (χ1n) is 7.32. The molecule has 5 nitrogen and oxygen atoms in total. The van der Waals surface area contributed by atoms with Gasteiger partial charge in [-0.1, -0.05) is 29.3 Å². The molecule has 1 aromatic heterocycles. The number of allylic oxidation sites excluding steroid dienone is 1. The van der Waals surface area contributed by atoms with E-state index in [0.717, 1.165) is 10.7 Å². The van der Waals surface area contributed by atoms with Crippen molar-refractivity contribution in [2.45, 2.75) is 19.1 Å². The van der Waals surface area contributed by atoms with Crippen LogP contribution in [0.1, 0.15) is 24.2 Å². The highest BCUT2D eigenvalue weighted by Crippen LogP contribution is 2.42. The van der Waals surface area contributed by atoms with E-state index in [1.165, 1.54) is 37.1 Å². The van der Waals surface area contributed by atoms with Gasteiger partial charge in [0.15, 0.2) is 5.69 Å². The Morgan fingerprint density at radius 3 is 2.42 bits per heavy atom. The zero-order chi connectivity index (χ0) is 19.4. The van der Waals surface area contributed by atoms with Crippen LogP contribution in [0.3, 0.4) is 0 Å². The molecule has 0 saturated carbocycles. The molecule has 0 aliphatic carbocycles. The number of benzene rings is 1. The van der Waals surface area contributed by atoms with Gasteiger partial charge in [0.1, 0.15) is 11.9 Å². The Balaban J connectivity index is 2.29. The minimum atomic E-state index is -4.66. The van der Waals surface area contributed by atoms with Gasteiger partial charge in [0.05, 0.1) is 15.6 Å². The first-order valence-corrected chi connectivity index (χ1v) is 8.07. The van der Waals surface area contributed by atoms with Crippen LogP contribution in [0.2, 0.25) is 10.0 Å². The molecule has 0 saturated heterocycles. The number of nitrogens with zero attached hydrogens (tertiary/aromatic N) is 3. The fourth-order valence-corrected chi connectivity index (χ4v) is 3.20. The van der Waals surface area contributed by atoms with Gasteiger partial charge in [-0.25, -0.2) is 9.48 Å². The molecule has 10 heteroatoms. The molecule has 0 fully saturated rings. The summed E-state index contributed by atoms with van der Waals surface area (Å²) in [5.74, 6) is -1.14. The summed E-state index contributed by atoms with van der Waals surface area (Å²) in [6.45, 7) is 1.53. The molecule has 1 aliphatic rings. The Morgan fingerprint density at radius 1 is 1.23 bits per heavy atom. The number of carbonyl (C=O) groups is 1. The third-order valence-corrected chi connectivity index (χ3v) is 4.99. The second-order valence-corrected chi connectivity index (χ2v) is 6.58. The monoisotopic (exact) mass is 405 g/mol. The second kappa shape index (κ2) is 6.21. The van der Waals surface area contributed by atoms with Crippen molar-refractivity contribution >= 4 is 35.0 Å². The van der Waals surface area contributed by atoms with Crippen molar-refractivity contribution in [1.82, 2.24) is 9.78 Å². The zero-order valence-corrected chi connectivity index (χ0v) is 15.0. The number of anilines is 1. The summed E-state index contributed by atoms with van der Waals surface area (Å²) in [7, 11) is 1.48. The number of carboxylic acid groups (broad SMARTS) is 1. The number of alkyl halides is 3. The summed E-state index contributed by atoms with van der Waals surface area (Å²) in [5, 5.41) is 13.7. The topological polar surface area (TPSA) is 58.4 Å². The van der Waals surface area contributed by atoms with Crippen LogP contribution in [-0.2, 0) is 11.0 Å². The minimum absolute atomic E-state index is 0.102. The van der Waals surface area contributed by atoms with E-state index < -0.39 is 23.9 Å². The van der Waals surface area contributed by atoms with Gasteiger partial charge >= 0.3 is 12.1 Å². The van der Waals surface area contributed by atoms with E-state index >= 15 is 0 Å². The summed E-state index contributed by atoms with van der Waals surface area (Å²) < 4.78 is 40.5. The molecular formula is C16H12Cl2F3N3O2. The van der Waals surface area contributed by atoms with Crippen molar-refractivity contribution in [3.63, 3.8) is 0 Å². The van der Waals surface area contributed by atoms with Crippen molar-refractivity contribution in [2.75, 3.05) is 11.9 Å². The lowest BCUT2D eigenvalue weighted by Gasteiger charge is -2.33. The van der Waals surface area contributed by atoms with Crippen molar-refractivity contribution in [3.8, 4) is 0 Å². The molecule has 1 N–H and O–H groups in total. The number of aromatic nitrogens is 2. The standard InChI is InChI=1S/C16H12Cl2F3N3O2/c1-7-13(15(25)26)14(8-3-4-9(17)10(18)5-8)24-12(23(7)2)6-11(22-24)16(19,20)21/h3-6,14H,1-2H3,(H,25,26). The Hall–Kier alpha value is -2.19. The first-order chi connectivity index (χ1) is 12.0. The van der Waals surface area contributed by atoms with Gasteiger partial charge in [-0.15, -0.1) is 0 Å². The number of hydrogen-bond acceptors (Lipinski definition) is 3. The Morgan fingerprint density at radius 2 is 1.88 bits per heavy atom. The fourth-order valence-electron chi connectivity index (χ4n) is 2.90. The molecule has 0 amide bonds. The van der Waals surface area contributed by atoms with Gasteiger partial charge in [0, 0.05) is 18.8 Å². The smallest absolute Gasteiger partial charge is 0.435 e. The van der Waals surface area contributed by atoms with E-state index in [2.05, 4.69) is 5.10 Å². The Bertz CT molecular complexity index is 937. The van der Waals surface area contributed by atoms with Crippen molar-refractivity contribution in [3.05, 3.63) is 56.8 Å². The molecule has 138 valence electrons. The molecule has 1 aromatic carbocycles. The van der Waals surface area contributed by atoms with E-state index in [1.54, 1.807) is 0 Å². The van der Waals surface area contributed by atoms with Crippen LogP contribution in [0.5, 0.6) is 0 Å². The van der Waals surface area contributed by atoms with Crippen LogP contribution in [0.25, 0.3) is 0 Å². The molecule has 1 aliphatic heterocycles. The molecule has 1 atom stereocenters. The maximum Gasteiger partial charge on any atom is 0.435 e. The second-order valence-electron chi connectivity index (χ2n) is 5.77. The van der Waals surface area contributed by atoms with E-state index in [0.29, 0.717) is 11.3 Å². The lowest BCUT2D eigenvalue weighted by atomic mass is 9.95. The number of halogens is 5. The Labute approximate surface area is 156 Å². The maximum atomic E-state index is 13.1. The predicted octanol–water partition coefficient (Wildman–Crippen LogP) is 4.61. The summed E-state index contributed by atoms with van der Waals surface area (Å²) in [6, 6.07) is 4.20. The normalized spacial score (nSPS) is 17.5. The maximum absolute atomic E-state index is 13.1. The molecule has 1 unspecified atom stereocenters. The molecule has 2 heterocycles. The fraction of sp³-hybridized carbons (Fsp3) is 0.250. The van der Waals surface area contributed by atoms with Crippen LogP contribution in [0, 0.1) is 0 Å². The van der Waals surface area contributed by atoms with Crippen molar-refractivity contribution in [2.24, 2.45) is 0 Å². The van der Waals surface area contributed by atoms with Crippen molar-refractivity contribution < 1.29 is 23.1 Å². The Kier molecular flexibility index (Phi) is 4.44. The SMILES string of the molecule is CC1=C(C(=O)O)C(c2ccc(Cl)c(Cl)c2)n2nc(C(F)(F)F)cc2N1C. The van der Waals surface area contributed by atoms with E-state index in [1.807, 2.05) is 0 Å². The van der Waals surface area contributed by atoms with Crippen molar-refractivity contribution in [1.29, 1.82) is 0 Å². The molecular weight excluding hydrogens is 394 g/mol. The summed E-state index contributed by atoms with van der Waals surface area (Å²) in [5.41, 5.74) is -0.545. The largest absolute Gasteiger partial charge is 0.478 e. The summed E-state index contributed by atoms with van der Waals surface area (Å²) in [6.07, 6.45) is -4.66. The highest BCUT2D eigenvalue weighted by atomic mass is 35.5. The first kappa shape index (κ1) is 18.6. The highest BCUT2D eigenvalue weighted by Gasteiger charge is 2.41. The van der Waals surface area contributed by atoms with Gasteiger partial charge in [0.25, 0.3) is 0 Å². The third-order valence-electron chi connectivity index (χ3n) is 4.25. The van der Waals surface area contributed by atoms with Crippen LogP contribution in [0.4, 0.5) is 19.0 Å². The zero-order valence-electron chi connectivity index (χ0n) is 13.5. The number of hydrogen-bond donors (Lipinski definition) is 1. The van der Waals surface area contributed by atoms with Gasteiger partial charge < -0.3 is 10.0 Å². The van der Waals surface area contributed by atoms with Gasteiger partial charge in [-0.3, -0.25) is 0 Å².